The molecule has 0 radical (unpaired) electrons. The number of rotatable bonds is 4. The van der Waals surface area contributed by atoms with Gasteiger partial charge in [0, 0.05) is 31.6 Å². The van der Waals surface area contributed by atoms with Gasteiger partial charge in [0.1, 0.15) is 0 Å². The summed E-state index contributed by atoms with van der Waals surface area (Å²) in [6, 6.07) is 1.44. The van der Waals surface area contributed by atoms with Crippen LogP contribution in [0.3, 0.4) is 0 Å². The second-order valence-electron chi connectivity index (χ2n) is 5.05. The Morgan fingerprint density at radius 2 is 2.35 bits per heavy atom. The van der Waals surface area contributed by atoms with Gasteiger partial charge < -0.3 is 9.84 Å². The van der Waals surface area contributed by atoms with E-state index in [0.29, 0.717) is 6.04 Å². The molecule has 2 saturated heterocycles. The van der Waals surface area contributed by atoms with Crippen LogP contribution in [0, 0.1) is 0 Å². The van der Waals surface area contributed by atoms with Crippen LogP contribution in [0.1, 0.15) is 31.5 Å². The summed E-state index contributed by atoms with van der Waals surface area (Å²) < 4.78 is 4.73. The minimum atomic E-state index is 0.669. The van der Waals surface area contributed by atoms with E-state index in [4.69, 9.17) is 4.52 Å². The van der Waals surface area contributed by atoms with Crippen molar-refractivity contribution >= 4 is 0 Å². The van der Waals surface area contributed by atoms with Crippen molar-refractivity contribution in [1.29, 1.82) is 0 Å². The molecule has 1 aromatic heterocycles. The molecule has 0 saturated carbocycles. The van der Waals surface area contributed by atoms with E-state index in [-0.39, 0.29) is 0 Å². The second kappa shape index (κ2) is 5.14. The van der Waals surface area contributed by atoms with E-state index in [1.165, 1.54) is 45.2 Å². The summed E-state index contributed by atoms with van der Waals surface area (Å²) in [5, 5.41) is 7.48. The summed E-state index contributed by atoms with van der Waals surface area (Å²) >= 11 is 0. The number of fused-ring (bicyclic) bond motifs is 1. The third kappa shape index (κ3) is 2.50. The summed E-state index contributed by atoms with van der Waals surface area (Å²) in [7, 11) is 0. The van der Waals surface area contributed by atoms with Crippen molar-refractivity contribution in [3.8, 4) is 0 Å². The molecule has 3 heterocycles. The Morgan fingerprint density at radius 1 is 1.35 bits per heavy atom. The van der Waals surface area contributed by atoms with Gasteiger partial charge in [0.15, 0.2) is 5.82 Å². The van der Waals surface area contributed by atoms with Crippen LogP contribution in [0.15, 0.2) is 10.9 Å². The molecule has 2 unspecified atom stereocenters. The molecule has 2 fully saturated rings. The molecule has 5 nitrogen and oxygen atoms in total. The van der Waals surface area contributed by atoms with Crippen molar-refractivity contribution in [3.63, 3.8) is 0 Å². The maximum absolute atomic E-state index is 4.73. The highest BCUT2D eigenvalue weighted by molar-refractivity contribution is 4.94. The van der Waals surface area contributed by atoms with Crippen LogP contribution >= 0.6 is 0 Å². The molecule has 2 atom stereocenters. The first-order valence-electron chi connectivity index (χ1n) is 6.66. The van der Waals surface area contributed by atoms with Gasteiger partial charge in [0.25, 0.3) is 0 Å². The van der Waals surface area contributed by atoms with Gasteiger partial charge in [-0.25, -0.2) is 0 Å². The Kier molecular flexibility index (Phi) is 3.38. The summed E-state index contributed by atoms with van der Waals surface area (Å²) in [5.74, 6) is 0.802. The van der Waals surface area contributed by atoms with Gasteiger partial charge in [0.05, 0.1) is 0 Å². The van der Waals surface area contributed by atoms with E-state index in [9.17, 15) is 0 Å². The van der Waals surface area contributed by atoms with Crippen molar-refractivity contribution in [2.24, 2.45) is 0 Å². The lowest BCUT2D eigenvalue weighted by atomic mass is 9.99. The summed E-state index contributed by atoms with van der Waals surface area (Å²) in [6.45, 7) is 3.52. The predicted octanol–water partition coefficient (Wildman–Crippen LogP) is 0.828. The zero-order valence-electron chi connectivity index (χ0n) is 10.1. The zero-order valence-corrected chi connectivity index (χ0v) is 10.1. The molecular formula is C12H20N4O. The third-order valence-corrected chi connectivity index (χ3v) is 4.02. The fourth-order valence-electron chi connectivity index (χ4n) is 3.16. The fourth-order valence-corrected chi connectivity index (χ4v) is 3.16. The second-order valence-corrected chi connectivity index (χ2v) is 5.05. The fraction of sp³-hybridized carbons (Fsp3) is 0.833. The van der Waals surface area contributed by atoms with Crippen molar-refractivity contribution < 1.29 is 4.52 Å². The lowest BCUT2D eigenvalue weighted by Gasteiger charge is -2.32. The Balaban J connectivity index is 1.46. The molecule has 2 aliphatic heterocycles. The highest BCUT2D eigenvalue weighted by Crippen LogP contribution is 2.26. The molecule has 3 rings (SSSR count). The van der Waals surface area contributed by atoms with E-state index in [1.807, 2.05) is 0 Å². The third-order valence-electron chi connectivity index (χ3n) is 4.02. The Labute approximate surface area is 102 Å². The highest BCUT2D eigenvalue weighted by Gasteiger charge is 2.34. The molecule has 5 heteroatoms. The van der Waals surface area contributed by atoms with Crippen LogP contribution in [0.5, 0.6) is 0 Å². The number of nitrogens with zero attached hydrogens (tertiary/aromatic N) is 3. The molecule has 17 heavy (non-hydrogen) atoms. The molecule has 1 aromatic rings. The Morgan fingerprint density at radius 3 is 3.24 bits per heavy atom. The average molecular weight is 236 g/mol. The summed E-state index contributed by atoms with van der Waals surface area (Å²) in [6.07, 6.45) is 7.68. The quantitative estimate of drug-likeness (QED) is 0.839. The topological polar surface area (TPSA) is 54.2 Å². The number of aromatic nitrogens is 2. The minimum absolute atomic E-state index is 0.669. The lowest BCUT2D eigenvalue weighted by molar-refractivity contribution is 0.181. The predicted molar refractivity (Wildman–Crippen MR) is 63.6 cm³/mol. The largest absolute Gasteiger partial charge is 0.343 e. The molecule has 0 aromatic carbocycles. The highest BCUT2D eigenvalue weighted by atomic mass is 16.5. The monoisotopic (exact) mass is 236 g/mol. The Hall–Kier alpha value is -0.940. The smallest absolute Gasteiger partial charge is 0.213 e. The van der Waals surface area contributed by atoms with Crippen LogP contribution in [0.2, 0.25) is 0 Å². The van der Waals surface area contributed by atoms with Gasteiger partial charge in [-0.15, -0.1) is 0 Å². The molecule has 0 amide bonds. The first kappa shape index (κ1) is 11.2. The maximum Gasteiger partial charge on any atom is 0.213 e. The van der Waals surface area contributed by atoms with E-state index in [0.717, 1.165) is 24.8 Å². The normalized spacial score (nSPS) is 29.4. The first-order chi connectivity index (χ1) is 8.43. The van der Waals surface area contributed by atoms with Crippen molar-refractivity contribution in [1.82, 2.24) is 20.4 Å². The zero-order chi connectivity index (χ0) is 11.5. The van der Waals surface area contributed by atoms with Gasteiger partial charge in [-0.3, -0.25) is 4.90 Å². The van der Waals surface area contributed by atoms with Crippen LogP contribution in [0.25, 0.3) is 0 Å². The van der Waals surface area contributed by atoms with E-state index < -0.39 is 0 Å². The van der Waals surface area contributed by atoms with E-state index >= 15 is 0 Å². The van der Waals surface area contributed by atoms with E-state index in [2.05, 4.69) is 20.4 Å². The molecule has 94 valence electrons. The summed E-state index contributed by atoms with van der Waals surface area (Å²) in [4.78, 5) is 6.68. The molecule has 0 aliphatic carbocycles. The average Bonchev–Trinajstić information content (AvgIpc) is 2.99. The van der Waals surface area contributed by atoms with Gasteiger partial charge in [-0.2, -0.15) is 4.98 Å². The number of nitrogens with one attached hydrogen (secondary N) is 1. The van der Waals surface area contributed by atoms with Crippen molar-refractivity contribution in [2.75, 3.05) is 19.6 Å². The molecule has 1 N–H and O–H groups in total. The van der Waals surface area contributed by atoms with Gasteiger partial charge >= 0.3 is 0 Å². The van der Waals surface area contributed by atoms with Crippen LogP contribution in [-0.2, 0) is 6.42 Å². The van der Waals surface area contributed by atoms with Crippen molar-refractivity contribution in [2.45, 2.75) is 44.2 Å². The van der Waals surface area contributed by atoms with Gasteiger partial charge in [0.2, 0.25) is 6.39 Å². The molecule has 0 bridgehead atoms. The first-order valence-corrected chi connectivity index (χ1v) is 6.66. The number of hydrogen-bond acceptors (Lipinski definition) is 5. The molecule has 0 spiro atoms. The summed E-state index contributed by atoms with van der Waals surface area (Å²) in [5.41, 5.74) is 0. The lowest BCUT2D eigenvalue weighted by Crippen LogP contribution is -2.45. The number of piperidine rings is 1. The van der Waals surface area contributed by atoms with Crippen LogP contribution < -0.4 is 5.32 Å². The van der Waals surface area contributed by atoms with E-state index in [1.54, 1.807) is 0 Å². The van der Waals surface area contributed by atoms with Gasteiger partial charge in [-0.05, 0) is 25.8 Å². The molecular weight excluding hydrogens is 216 g/mol. The van der Waals surface area contributed by atoms with Crippen molar-refractivity contribution in [3.05, 3.63) is 12.2 Å². The maximum atomic E-state index is 4.73. The van der Waals surface area contributed by atoms with Crippen LogP contribution in [0.4, 0.5) is 0 Å². The van der Waals surface area contributed by atoms with Gasteiger partial charge in [-0.1, -0.05) is 11.6 Å². The minimum Gasteiger partial charge on any atom is -0.343 e. The SMILES string of the molecule is c1nc(CCNC2CCN3CCCCC23)no1. The Bertz CT molecular complexity index is 340. The molecule has 2 aliphatic rings. The standard InChI is InChI=1S/C12H20N4O/c1-2-7-16-8-5-10(11(16)3-1)13-6-4-12-14-9-17-15-12/h9-11,13H,1-8H2. The number of hydrogen-bond donors (Lipinski definition) is 1. The van der Waals surface area contributed by atoms with Crippen LogP contribution in [-0.4, -0.2) is 46.8 Å².